The molecule has 7 heteroatoms. The van der Waals surface area contributed by atoms with E-state index in [1.165, 1.54) is 5.56 Å². The van der Waals surface area contributed by atoms with Gasteiger partial charge in [-0.2, -0.15) is 10.1 Å². The van der Waals surface area contributed by atoms with E-state index >= 15 is 0 Å². The molecule has 1 aromatic heterocycles. The molecule has 0 fully saturated rings. The van der Waals surface area contributed by atoms with Crippen LogP contribution in [-0.4, -0.2) is 14.8 Å². The van der Waals surface area contributed by atoms with Crippen LogP contribution < -0.4 is 10.1 Å². The van der Waals surface area contributed by atoms with Crippen molar-refractivity contribution in [2.45, 2.75) is 19.1 Å². The number of nitrogens with zero attached hydrogens (tertiary/aromatic N) is 3. The molecule has 0 bridgehead atoms. The van der Waals surface area contributed by atoms with Crippen molar-refractivity contribution in [3.05, 3.63) is 111 Å². The first-order valence-corrected chi connectivity index (χ1v) is 11.0. The Morgan fingerprint density at radius 3 is 2.56 bits per heavy atom. The number of aromatic nitrogens is 3. The maximum absolute atomic E-state index is 6.59. The largest absolute Gasteiger partial charge is 0.480 e. The average Bonchev–Trinajstić information content (AvgIpc) is 3.26. The molecule has 158 valence electrons. The molecule has 0 amide bonds. The first-order valence-electron chi connectivity index (χ1n) is 10.3. The van der Waals surface area contributed by atoms with Gasteiger partial charge >= 0.3 is 0 Å². The summed E-state index contributed by atoms with van der Waals surface area (Å²) in [6, 6.07) is 21.7. The smallest absolute Gasteiger partial charge is 0.226 e. The van der Waals surface area contributed by atoms with E-state index in [1.54, 1.807) is 6.33 Å². The minimum absolute atomic E-state index is 0.208. The number of aryl methyl sites for hydroxylation is 1. The van der Waals surface area contributed by atoms with Crippen LogP contribution in [0.5, 0.6) is 5.75 Å². The highest BCUT2D eigenvalue weighted by molar-refractivity contribution is 6.31. The van der Waals surface area contributed by atoms with Crippen LogP contribution in [0.15, 0.2) is 78.6 Å². The third-order valence-corrected chi connectivity index (χ3v) is 6.39. The zero-order chi connectivity index (χ0) is 21.8. The minimum Gasteiger partial charge on any atom is -0.480 e. The first kappa shape index (κ1) is 19.4. The van der Waals surface area contributed by atoms with Crippen LogP contribution in [0.2, 0.25) is 10.0 Å². The Hall–Kier alpha value is -3.28. The molecule has 3 heterocycles. The SMILES string of the molecule is Cc1ccc(C2C3=C(Nc4ncnn42)c2cc(Cl)ccc2OC3c2cccc(Cl)c2)cc1. The fourth-order valence-corrected chi connectivity index (χ4v) is 4.83. The van der Waals surface area contributed by atoms with Gasteiger partial charge in [0.2, 0.25) is 5.95 Å². The van der Waals surface area contributed by atoms with E-state index in [0.717, 1.165) is 33.7 Å². The lowest BCUT2D eigenvalue weighted by molar-refractivity contribution is 0.223. The highest BCUT2D eigenvalue weighted by atomic mass is 35.5. The minimum atomic E-state index is -0.367. The Morgan fingerprint density at radius 2 is 1.75 bits per heavy atom. The van der Waals surface area contributed by atoms with Crippen LogP contribution in [0.4, 0.5) is 5.95 Å². The van der Waals surface area contributed by atoms with Crippen molar-refractivity contribution < 1.29 is 4.74 Å². The van der Waals surface area contributed by atoms with Gasteiger partial charge < -0.3 is 10.1 Å². The van der Waals surface area contributed by atoms with Crippen LogP contribution in [0.1, 0.15) is 34.4 Å². The van der Waals surface area contributed by atoms with Gasteiger partial charge in [-0.1, -0.05) is 65.2 Å². The number of halogens is 2. The van der Waals surface area contributed by atoms with Crippen LogP contribution >= 0.6 is 23.2 Å². The van der Waals surface area contributed by atoms with Crippen LogP contribution in [0.25, 0.3) is 5.70 Å². The van der Waals surface area contributed by atoms with Gasteiger partial charge in [0.05, 0.1) is 5.70 Å². The van der Waals surface area contributed by atoms with E-state index in [9.17, 15) is 0 Å². The lowest BCUT2D eigenvalue weighted by Crippen LogP contribution is -2.32. The molecule has 4 aromatic rings. The molecular weight excluding hydrogens is 443 g/mol. The van der Waals surface area contributed by atoms with Crippen molar-refractivity contribution >= 4 is 34.8 Å². The molecular formula is C25H18Cl2N4O. The van der Waals surface area contributed by atoms with Crippen molar-refractivity contribution in [1.82, 2.24) is 14.8 Å². The number of hydrogen-bond acceptors (Lipinski definition) is 4. The van der Waals surface area contributed by atoms with Gasteiger partial charge in [0, 0.05) is 21.2 Å². The Balaban J connectivity index is 1.64. The highest BCUT2D eigenvalue weighted by Crippen LogP contribution is 2.51. The van der Waals surface area contributed by atoms with E-state index in [0.29, 0.717) is 16.0 Å². The molecule has 0 saturated carbocycles. The van der Waals surface area contributed by atoms with Gasteiger partial charge in [-0.05, 0) is 48.4 Å². The maximum atomic E-state index is 6.59. The van der Waals surface area contributed by atoms with Gasteiger partial charge in [0.25, 0.3) is 0 Å². The van der Waals surface area contributed by atoms with E-state index < -0.39 is 0 Å². The topological polar surface area (TPSA) is 52.0 Å². The molecule has 2 atom stereocenters. The van der Waals surface area contributed by atoms with Crippen molar-refractivity contribution in [2.75, 3.05) is 5.32 Å². The molecule has 0 spiro atoms. The predicted molar refractivity (Wildman–Crippen MR) is 126 cm³/mol. The number of benzene rings is 3. The first-order chi connectivity index (χ1) is 15.6. The number of hydrogen-bond donors (Lipinski definition) is 1. The molecule has 0 aliphatic carbocycles. The van der Waals surface area contributed by atoms with Gasteiger partial charge in [-0.3, -0.25) is 0 Å². The van der Waals surface area contributed by atoms with Crippen molar-refractivity contribution in [2.24, 2.45) is 0 Å². The average molecular weight is 461 g/mol. The fourth-order valence-electron chi connectivity index (χ4n) is 4.46. The van der Waals surface area contributed by atoms with Gasteiger partial charge in [0.15, 0.2) is 0 Å². The lowest BCUT2D eigenvalue weighted by atomic mass is 9.84. The summed E-state index contributed by atoms with van der Waals surface area (Å²) in [5.74, 6) is 1.42. The van der Waals surface area contributed by atoms with Crippen LogP contribution in [0.3, 0.4) is 0 Å². The summed E-state index contributed by atoms with van der Waals surface area (Å²) in [7, 11) is 0. The Kier molecular flexibility index (Phi) is 4.49. The summed E-state index contributed by atoms with van der Waals surface area (Å²) < 4.78 is 8.49. The van der Waals surface area contributed by atoms with Gasteiger partial charge in [-0.25, -0.2) is 4.68 Å². The fraction of sp³-hybridized carbons (Fsp3) is 0.120. The normalized spacial score (nSPS) is 18.8. The van der Waals surface area contributed by atoms with Crippen molar-refractivity contribution in [3.8, 4) is 5.75 Å². The highest BCUT2D eigenvalue weighted by Gasteiger charge is 2.41. The second-order valence-corrected chi connectivity index (χ2v) is 8.86. The molecule has 2 unspecified atom stereocenters. The summed E-state index contributed by atoms with van der Waals surface area (Å²) in [6.45, 7) is 2.08. The van der Waals surface area contributed by atoms with E-state index in [2.05, 4.69) is 46.6 Å². The number of anilines is 1. The van der Waals surface area contributed by atoms with Crippen LogP contribution in [-0.2, 0) is 0 Å². The Morgan fingerprint density at radius 1 is 0.938 bits per heavy atom. The van der Waals surface area contributed by atoms with E-state index in [4.69, 9.17) is 27.9 Å². The van der Waals surface area contributed by atoms with Crippen LogP contribution in [0, 0.1) is 6.92 Å². The number of rotatable bonds is 2. The third-order valence-electron chi connectivity index (χ3n) is 5.92. The lowest BCUT2D eigenvalue weighted by Gasteiger charge is -2.39. The summed E-state index contributed by atoms with van der Waals surface area (Å²) in [5, 5.41) is 9.33. The van der Waals surface area contributed by atoms with Crippen molar-refractivity contribution in [3.63, 3.8) is 0 Å². The summed E-state index contributed by atoms with van der Waals surface area (Å²) in [5.41, 5.74) is 6.12. The second kappa shape index (κ2) is 7.40. The third kappa shape index (κ3) is 3.08. The quantitative estimate of drug-likeness (QED) is 0.373. The van der Waals surface area contributed by atoms with E-state index in [1.807, 2.05) is 47.1 Å². The van der Waals surface area contributed by atoms with E-state index in [-0.39, 0.29) is 12.1 Å². The zero-order valence-electron chi connectivity index (χ0n) is 17.1. The summed E-state index contributed by atoms with van der Waals surface area (Å²) in [4.78, 5) is 4.46. The Labute approximate surface area is 195 Å². The molecule has 5 nitrogen and oxygen atoms in total. The molecule has 1 N–H and O–H groups in total. The second-order valence-electron chi connectivity index (χ2n) is 7.99. The Bertz CT molecular complexity index is 1380. The standard InChI is InChI=1S/C25H18Cl2N4O/c1-14-5-7-15(8-6-14)23-21-22(30-25-28-13-29-31(23)25)19-12-18(27)9-10-20(19)32-24(21)16-3-2-4-17(26)11-16/h2-13,23-24H,1H3,(H,28,29,30). The number of fused-ring (bicyclic) bond motifs is 3. The summed E-state index contributed by atoms with van der Waals surface area (Å²) >= 11 is 12.7. The maximum Gasteiger partial charge on any atom is 0.226 e. The molecule has 3 aromatic carbocycles. The van der Waals surface area contributed by atoms with Gasteiger partial charge in [-0.15, -0.1) is 0 Å². The monoisotopic (exact) mass is 460 g/mol. The summed E-state index contributed by atoms with van der Waals surface area (Å²) in [6.07, 6.45) is 1.20. The molecule has 6 rings (SSSR count). The molecule has 32 heavy (non-hydrogen) atoms. The molecule has 0 saturated heterocycles. The molecule has 2 aliphatic rings. The predicted octanol–water partition coefficient (Wildman–Crippen LogP) is 6.45. The van der Waals surface area contributed by atoms with Gasteiger partial charge in [0.1, 0.15) is 24.2 Å². The number of ether oxygens (including phenoxy) is 1. The number of nitrogens with one attached hydrogen (secondary N) is 1. The zero-order valence-corrected chi connectivity index (χ0v) is 18.6. The molecule has 0 radical (unpaired) electrons. The van der Waals surface area contributed by atoms with Crippen molar-refractivity contribution in [1.29, 1.82) is 0 Å². The molecule has 2 aliphatic heterocycles.